The van der Waals surface area contributed by atoms with Crippen LogP contribution in [0.15, 0.2) is 138 Å². The van der Waals surface area contributed by atoms with Gasteiger partial charge in [0.1, 0.15) is 43.3 Å². The molecule has 4 aromatic carbocycles. The zero-order chi connectivity index (χ0) is 39.0. The van der Waals surface area contributed by atoms with Gasteiger partial charge in [0.15, 0.2) is 0 Å². The number of nitriles is 2. The number of benzene rings is 4. The Kier molecular flexibility index (Phi) is 14.0. The van der Waals surface area contributed by atoms with E-state index in [-0.39, 0.29) is 43.7 Å². The summed E-state index contributed by atoms with van der Waals surface area (Å²) in [6, 6.07) is 40.0. The van der Waals surface area contributed by atoms with Crippen molar-refractivity contribution in [1.29, 1.82) is 10.5 Å². The van der Waals surface area contributed by atoms with Crippen LogP contribution in [0, 0.1) is 28.1 Å². The second kappa shape index (κ2) is 19.5. The second-order valence-electron chi connectivity index (χ2n) is 14.0. The van der Waals surface area contributed by atoms with E-state index in [0.717, 1.165) is 45.9 Å². The number of hydrogen-bond acceptors (Lipinski definition) is 9. The van der Waals surface area contributed by atoms with Crippen molar-refractivity contribution in [2.24, 2.45) is 5.41 Å². The van der Waals surface area contributed by atoms with Gasteiger partial charge in [0.05, 0.1) is 19.4 Å². The van der Waals surface area contributed by atoms with Crippen LogP contribution in [0.1, 0.15) is 45.1 Å². The van der Waals surface area contributed by atoms with Gasteiger partial charge in [0.2, 0.25) is 0 Å². The molecule has 0 bridgehead atoms. The number of anilines is 4. The average molecular weight is 735 g/mol. The summed E-state index contributed by atoms with van der Waals surface area (Å²) in [6.45, 7) is 5.19. The number of nitrogens with zero attached hydrogens (tertiary/aromatic N) is 4. The molecule has 4 aromatic rings. The van der Waals surface area contributed by atoms with Crippen molar-refractivity contribution >= 4 is 40.8 Å². The lowest BCUT2D eigenvalue weighted by atomic mass is 9.74. The highest BCUT2D eigenvalue weighted by Crippen LogP contribution is 2.40. The van der Waals surface area contributed by atoms with Gasteiger partial charge in [-0.25, -0.2) is 0 Å². The molecule has 0 spiro atoms. The topological polar surface area (TPSA) is 116 Å². The molecule has 0 aromatic heterocycles. The van der Waals surface area contributed by atoms with Gasteiger partial charge >= 0.3 is 11.9 Å². The lowest BCUT2D eigenvalue weighted by Crippen LogP contribution is -2.24. The van der Waals surface area contributed by atoms with E-state index in [1.54, 1.807) is 0 Å². The molecule has 0 saturated carbocycles. The molecule has 9 nitrogen and oxygen atoms in total. The van der Waals surface area contributed by atoms with Crippen LogP contribution in [-0.2, 0) is 19.1 Å². The second-order valence-corrected chi connectivity index (χ2v) is 14.0. The number of hydrogen-bond donors (Lipinski definition) is 0. The number of rotatable bonds is 16. The Bertz CT molecular complexity index is 2020. The molecule has 1 aliphatic rings. The van der Waals surface area contributed by atoms with Gasteiger partial charge < -0.3 is 24.0 Å². The maximum Gasteiger partial charge on any atom is 0.306 e. The lowest BCUT2D eigenvalue weighted by molar-refractivity contribution is -0.150. The average Bonchev–Trinajstić information content (AvgIpc) is 3.19. The number of ether oxygens (including phenoxy) is 3. The molecule has 0 fully saturated rings. The molecule has 0 atom stereocenters. The van der Waals surface area contributed by atoms with Gasteiger partial charge in [0, 0.05) is 29.8 Å². The first-order valence-corrected chi connectivity index (χ1v) is 18.3. The minimum atomic E-state index is -0.488. The van der Waals surface area contributed by atoms with E-state index in [1.807, 2.05) is 127 Å². The minimum absolute atomic E-state index is 0.0385. The molecule has 0 saturated heterocycles. The molecule has 0 radical (unpaired) electrons. The normalized spacial score (nSPS) is 13.2. The smallest absolute Gasteiger partial charge is 0.306 e. The number of esters is 2. The van der Waals surface area contributed by atoms with Crippen LogP contribution < -0.4 is 14.5 Å². The summed E-state index contributed by atoms with van der Waals surface area (Å²) in [5.41, 5.74) is 7.04. The van der Waals surface area contributed by atoms with Crippen molar-refractivity contribution < 1.29 is 23.8 Å². The monoisotopic (exact) mass is 734 g/mol. The van der Waals surface area contributed by atoms with Crippen LogP contribution in [0.3, 0.4) is 0 Å². The summed E-state index contributed by atoms with van der Waals surface area (Å²) in [5, 5.41) is 18.7. The van der Waals surface area contributed by atoms with E-state index in [2.05, 4.69) is 43.0 Å². The molecule has 0 N–H and O–H groups in total. The standard InChI is InChI=1S/C46H46N4O5/c1-46(2)31-36(30-37(32-46)38(33-47)34-48)15-14-35-16-18-39(19-17-35)49(3)26-27-54-44(51)24-25-45(52)55-29-28-53-43-22-20-42(21-23-43)50(40-10-6-4-7-11-40)41-12-8-5-9-13-41/h4-23,30H,24-29,31-32H2,1-3H3/b15-14+. The van der Waals surface area contributed by atoms with Crippen molar-refractivity contribution in [1.82, 2.24) is 0 Å². The third kappa shape index (κ3) is 12.0. The molecule has 0 heterocycles. The van der Waals surface area contributed by atoms with Gasteiger partial charge in [-0.05, 0) is 95.6 Å². The van der Waals surface area contributed by atoms with Crippen molar-refractivity contribution in [3.63, 3.8) is 0 Å². The molecule has 5 rings (SSSR count). The summed E-state index contributed by atoms with van der Waals surface area (Å²) >= 11 is 0. The van der Waals surface area contributed by atoms with E-state index in [0.29, 0.717) is 18.7 Å². The van der Waals surface area contributed by atoms with Crippen LogP contribution in [0.4, 0.5) is 22.7 Å². The number of carbonyl (C=O) groups is 2. The highest BCUT2D eigenvalue weighted by Gasteiger charge is 2.26. The Balaban J connectivity index is 0.982. The fraction of sp³-hybridized carbons (Fsp3) is 0.261. The van der Waals surface area contributed by atoms with Crippen molar-refractivity contribution in [2.45, 2.75) is 39.5 Å². The molecule has 55 heavy (non-hydrogen) atoms. The van der Waals surface area contributed by atoms with E-state index < -0.39 is 11.9 Å². The summed E-state index contributed by atoms with van der Waals surface area (Å²) in [6.07, 6.45) is 7.44. The zero-order valence-electron chi connectivity index (χ0n) is 31.6. The summed E-state index contributed by atoms with van der Waals surface area (Å²) < 4.78 is 16.4. The first-order valence-electron chi connectivity index (χ1n) is 18.3. The summed E-state index contributed by atoms with van der Waals surface area (Å²) in [4.78, 5) is 28.7. The molecule has 1 aliphatic carbocycles. The van der Waals surface area contributed by atoms with Crippen LogP contribution in [0.5, 0.6) is 5.75 Å². The van der Waals surface area contributed by atoms with E-state index in [9.17, 15) is 20.1 Å². The first kappa shape index (κ1) is 39.6. The first-order chi connectivity index (χ1) is 26.6. The van der Waals surface area contributed by atoms with Gasteiger partial charge in [0.25, 0.3) is 0 Å². The molecule has 0 aliphatic heterocycles. The summed E-state index contributed by atoms with van der Waals surface area (Å²) in [7, 11) is 1.92. The van der Waals surface area contributed by atoms with Gasteiger partial charge in [-0.1, -0.05) is 80.6 Å². The van der Waals surface area contributed by atoms with Crippen molar-refractivity contribution in [2.75, 3.05) is 43.2 Å². The third-order valence-corrected chi connectivity index (χ3v) is 9.04. The quantitative estimate of drug-likeness (QED) is 0.0630. The molecule has 0 amide bonds. The maximum atomic E-state index is 12.3. The Morgan fingerprint density at radius 1 is 0.691 bits per heavy atom. The largest absolute Gasteiger partial charge is 0.490 e. The van der Waals surface area contributed by atoms with E-state index in [1.165, 1.54) is 0 Å². The van der Waals surface area contributed by atoms with Gasteiger partial charge in [-0.3, -0.25) is 9.59 Å². The molecular formula is C46H46N4O5. The molecule has 280 valence electrons. The lowest BCUT2D eigenvalue weighted by Gasteiger charge is -2.30. The minimum Gasteiger partial charge on any atom is -0.490 e. The van der Waals surface area contributed by atoms with Gasteiger partial charge in [-0.15, -0.1) is 0 Å². The van der Waals surface area contributed by atoms with E-state index in [4.69, 9.17) is 14.2 Å². The Morgan fingerprint density at radius 2 is 1.24 bits per heavy atom. The molecule has 9 heteroatoms. The van der Waals surface area contributed by atoms with E-state index >= 15 is 0 Å². The third-order valence-electron chi connectivity index (χ3n) is 9.04. The van der Waals surface area contributed by atoms with Crippen LogP contribution >= 0.6 is 0 Å². The predicted octanol–water partition coefficient (Wildman–Crippen LogP) is 9.64. The highest BCUT2D eigenvalue weighted by atomic mass is 16.6. The summed E-state index contributed by atoms with van der Waals surface area (Å²) in [5.74, 6) is -0.296. The predicted molar refractivity (Wildman–Crippen MR) is 216 cm³/mol. The Labute approximate surface area is 324 Å². The highest BCUT2D eigenvalue weighted by molar-refractivity contribution is 5.78. The van der Waals surface area contributed by atoms with Crippen LogP contribution in [-0.4, -0.2) is 45.4 Å². The van der Waals surface area contributed by atoms with Crippen molar-refractivity contribution in [3.8, 4) is 17.9 Å². The SMILES string of the molecule is CN(CCOC(=O)CCC(=O)OCCOc1ccc(N(c2ccccc2)c2ccccc2)cc1)c1ccc(/C=C/C2=CC(=C(C#N)C#N)CC(C)(C)C2)cc1. The number of likely N-dealkylation sites (N-methyl/N-ethyl adjacent to an activating group) is 1. The number of carbonyl (C=O) groups excluding carboxylic acids is 2. The molecular weight excluding hydrogens is 689 g/mol. The van der Waals surface area contributed by atoms with Crippen molar-refractivity contribution in [3.05, 3.63) is 144 Å². The zero-order valence-corrected chi connectivity index (χ0v) is 31.6. The number of para-hydroxylation sites is 2. The molecule has 0 unspecified atom stereocenters. The maximum absolute atomic E-state index is 12.3. The van der Waals surface area contributed by atoms with Gasteiger partial charge in [-0.2, -0.15) is 10.5 Å². The number of allylic oxidation sites excluding steroid dienone is 5. The fourth-order valence-electron chi connectivity index (χ4n) is 6.32. The Morgan fingerprint density at radius 3 is 1.82 bits per heavy atom. The fourth-order valence-corrected chi connectivity index (χ4v) is 6.32. The van der Waals surface area contributed by atoms with Crippen LogP contribution in [0.2, 0.25) is 0 Å². The van der Waals surface area contributed by atoms with Crippen LogP contribution in [0.25, 0.3) is 6.08 Å². The Hall–Kier alpha value is -6.58.